The number of ether oxygens (including phenoxy) is 1. The predicted molar refractivity (Wildman–Crippen MR) is 69.2 cm³/mol. The Balaban J connectivity index is 2.23. The van der Waals surface area contributed by atoms with Gasteiger partial charge in [0, 0.05) is 17.3 Å². The first-order valence-corrected chi connectivity index (χ1v) is 6.06. The van der Waals surface area contributed by atoms with Crippen LogP contribution >= 0.6 is 15.9 Å². The van der Waals surface area contributed by atoms with E-state index in [0.29, 0.717) is 12.2 Å². The maximum absolute atomic E-state index is 8.98. The lowest BCUT2D eigenvalue weighted by molar-refractivity contribution is 0.298. The summed E-state index contributed by atoms with van der Waals surface area (Å²) in [5.41, 5.74) is 0.981. The van der Waals surface area contributed by atoms with E-state index in [1.807, 2.05) is 30.3 Å². The highest BCUT2D eigenvalue weighted by atomic mass is 79.9. The van der Waals surface area contributed by atoms with Gasteiger partial charge < -0.3 is 9.84 Å². The number of para-hydroxylation sites is 1. The monoisotopic (exact) mass is 293 g/mol. The third-order valence-corrected chi connectivity index (χ3v) is 2.70. The molecule has 1 aromatic heterocycles. The largest absolute Gasteiger partial charge is 0.455 e. The normalized spacial score (nSPS) is 10.2. The van der Waals surface area contributed by atoms with Crippen molar-refractivity contribution >= 4 is 15.9 Å². The van der Waals surface area contributed by atoms with Gasteiger partial charge in [-0.15, -0.1) is 0 Å². The van der Waals surface area contributed by atoms with Gasteiger partial charge in [-0.25, -0.2) is 0 Å². The highest BCUT2D eigenvalue weighted by Gasteiger charge is 2.04. The molecule has 17 heavy (non-hydrogen) atoms. The van der Waals surface area contributed by atoms with Gasteiger partial charge in [-0.2, -0.15) is 0 Å². The first kappa shape index (κ1) is 12.1. The van der Waals surface area contributed by atoms with E-state index in [9.17, 15) is 0 Å². The van der Waals surface area contributed by atoms with Crippen molar-refractivity contribution in [2.45, 2.75) is 6.42 Å². The molecule has 0 aliphatic heterocycles. The first-order valence-electron chi connectivity index (χ1n) is 5.27. The smallest absolute Gasteiger partial charge is 0.146 e. The zero-order valence-corrected chi connectivity index (χ0v) is 10.7. The van der Waals surface area contributed by atoms with E-state index < -0.39 is 0 Å². The Morgan fingerprint density at radius 1 is 1.24 bits per heavy atom. The molecule has 0 atom stereocenters. The summed E-state index contributed by atoms with van der Waals surface area (Å²) in [6, 6.07) is 9.50. The molecule has 4 heteroatoms. The molecule has 0 bridgehead atoms. The molecule has 1 N–H and O–H groups in total. The molecule has 0 aliphatic rings. The number of benzene rings is 1. The van der Waals surface area contributed by atoms with E-state index in [4.69, 9.17) is 9.84 Å². The van der Waals surface area contributed by atoms with Crippen LogP contribution < -0.4 is 4.74 Å². The summed E-state index contributed by atoms with van der Waals surface area (Å²) in [5, 5.41) is 8.98. The van der Waals surface area contributed by atoms with Crippen molar-refractivity contribution in [2.75, 3.05) is 6.61 Å². The minimum Gasteiger partial charge on any atom is -0.455 e. The lowest BCUT2D eigenvalue weighted by atomic mass is 10.1. The van der Waals surface area contributed by atoms with Crippen molar-refractivity contribution in [2.24, 2.45) is 0 Å². The fourth-order valence-electron chi connectivity index (χ4n) is 1.51. The molecule has 2 aromatic rings. The Bertz CT molecular complexity index is 502. The highest BCUT2D eigenvalue weighted by Crippen LogP contribution is 2.26. The van der Waals surface area contributed by atoms with Crippen molar-refractivity contribution in [1.29, 1.82) is 0 Å². The van der Waals surface area contributed by atoms with Crippen LogP contribution in [0.2, 0.25) is 0 Å². The van der Waals surface area contributed by atoms with Crippen LogP contribution in [0, 0.1) is 0 Å². The summed E-state index contributed by atoms with van der Waals surface area (Å²) >= 11 is 3.34. The summed E-state index contributed by atoms with van der Waals surface area (Å²) in [7, 11) is 0. The van der Waals surface area contributed by atoms with Crippen LogP contribution in [0.25, 0.3) is 0 Å². The van der Waals surface area contributed by atoms with Gasteiger partial charge in [-0.05, 0) is 40.0 Å². The number of rotatable bonds is 4. The van der Waals surface area contributed by atoms with Crippen LogP contribution in [0.1, 0.15) is 5.56 Å². The molecule has 0 saturated heterocycles. The van der Waals surface area contributed by atoms with Gasteiger partial charge in [-0.3, -0.25) is 4.98 Å². The van der Waals surface area contributed by atoms with E-state index in [0.717, 1.165) is 15.8 Å². The van der Waals surface area contributed by atoms with Crippen LogP contribution in [-0.2, 0) is 6.42 Å². The molecule has 88 valence electrons. The molecule has 1 heterocycles. The van der Waals surface area contributed by atoms with Crippen LogP contribution in [0.4, 0.5) is 0 Å². The number of hydrogen-bond acceptors (Lipinski definition) is 3. The van der Waals surface area contributed by atoms with Gasteiger partial charge >= 0.3 is 0 Å². The van der Waals surface area contributed by atoms with E-state index >= 15 is 0 Å². The van der Waals surface area contributed by atoms with Gasteiger partial charge in [0.15, 0.2) is 0 Å². The van der Waals surface area contributed by atoms with Crippen molar-refractivity contribution in [3.8, 4) is 11.5 Å². The van der Waals surface area contributed by atoms with Gasteiger partial charge in [0.1, 0.15) is 11.5 Å². The van der Waals surface area contributed by atoms with Gasteiger partial charge in [0.2, 0.25) is 0 Å². The molecule has 0 spiro atoms. The number of halogens is 1. The second kappa shape index (κ2) is 5.80. The molecular formula is C13H12BrNO2. The van der Waals surface area contributed by atoms with Crippen molar-refractivity contribution in [3.05, 3.63) is 52.8 Å². The SMILES string of the molecule is OCCc1ccccc1Oc1cncc(Br)c1. The van der Waals surface area contributed by atoms with Crippen LogP contribution in [-0.4, -0.2) is 16.7 Å². The molecule has 2 rings (SSSR count). The number of aromatic nitrogens is 1. The van der Waals surface area contributed by atoms with E-state index in [1.165, 1.54) is 0 Å². The minimum absolute atomic E-state index is 0.108. The minimum atomic E-state index is 0.108. The quantitative estimate of drug-likeness (QED) is 0.941. The Morgan fingerprint density at radius 2 is 2.06 bits per heavy atom. The molecule has 0 saturated carbocycles. The molecule has 0 unspecified atom stereocenters. The lowest BCUT2D eigenvalue weighted by Gasteiger charge is -2.10. The second-order valence-corrected chi connectivity index (χ2v) is 4.44. The third-order valence-electron chi connectivity index (χ3n) is 2.26. The number of aliphatic hydroxyl groups is 1. The Morgan fingerprint density at radius 3 is 2.82 bits per heavy atom. The molecule has 0 fully saturated rings. The maximum Gasteiger partial charge on any atom is 0.146 e. The molecular weight excluding hydrogens is 282 g/mol. The van der Waals surface area contributed by atoms with Crippen molar-refractivity contribution in [1.82, 2.24) is 4.98 Å². The van der Waals surface area contributed by atoms with Crippen molar-refractivity contribution < 1.29 is 9.84 Å². The highest BCUT2D eigenvalue weighted by molar-refractivity contribution is 9.10. The molecule has 0 amide bonds. The number of hydrogen-bond donors (Lipinski definition) is 1. The average molecular weight is 294 g/mol. The van der Waals surface area contributed by atoms with E-state index in [1.54, 1.807) is 12.4 Å². The Hall–Kier alpha value is -1.39. The van der Waals surface area contributed by atoms with Gasteiger partial charge in [0.25, 0.3) is 0 Å². The summed E-state index contributed by atoms with van der Waals surface area (Å²) in [4.78, 5) is 4.03. The third kappa shape index (κ3) is 3.28. The predicted octanol–water partition coefficient (Wildman–Crippen LogP) is 3.17. The van der Waals surface area contributed by atoms with Gasteiger partial charge in [0.05, 0.1) is 6.20 Å². The summed E-state index contributed by atoms with van der Waals surface area (Å²) in [6.45, 7) is 0.108. The van der Waals surface area contributed by atoms with Gasteiger partial charge in [-0.1, -0.05) is 18.2 Å². The topological polar surface area (TPSA) is 42.4 Å². The van der Waals surface area contributed by atoms with Crippen LogP contribution in [0.3, 0.4) is 0 Å². The number of nitrogens with zero attached hydrogens (tertiary/aromatic N) is 1. The van der Waals surface area contributed by atoms with Crippen molar-refractivity contribution in [3.63, 3.8) is 0 Å². The average Bonchev–Trinajstić information content (AvgIpc) is 2.32. The fraction of sp³-hybridized carbons (Fsp3) is 0.154. The fourth-order valence-corrected chi connectivity index (χ4v) is 1.85. The summed E-state index contributed by atoms with van der Waals surface area (Å²) in [6.07, 6.45) is 3.94. The second-order valence-electron chi connectivity index (χ2n) is 3.52. The Kier molecular flexibility index (Phi) is 4.12. The molecule has 1 aromatic carbocycles. The molecule has 0 radical (unpaired) electrons. The van der Waals surface area contributed by atoms with Crippen LogP contribution in [0.5, 0.6) is 11.5 Å². The number of pyridine rings is 1. The van der Waals surface area contributed by atoms with E-state index in [-0.39, 0.29) is 6.61 Å². The van der Waals surface area contributed by atoms with E-state index in [2.05, 4.69) is 20.9 Å². The summed E-state index contributed by atoms with van der Waals surface area (Å²) in [5.74, 6) is 1.42. The lowest BCUT2D eigenvalue weighted by Crippen LogP contribution is -1.95. The maximum atomic E-state index is 8.98. The zero-order chi connectivity index (χ0) is 12.1. The zero-order valence-electron chi connectivity index (χ0n) is 9.14. The first-order chi connectivity index (χ1) is 8.29. The van der Waals surface area contributed by atoms with Crippen LogP contribution in [0.15, 0.2) is 47.2 Å². The molecule has 0 aliphatic carbocycles. The Labute approximate surface area is 108 Å². The standard InChI is InChI=1S/C13H12BrNO2/c14-11-7-12(9-15-8-11)17-13-4-2-1-3-10(13)5-6-16/h1-4,7-9,16H,5-6H2. The molecule has 3 nitrogen and oxygen atoms in total. The number of aliphatic hydroxyl groups excluding tert-OH is 1. The summed E-state index contributed by atoms with van der Waals surface area (Å²) < 4.78 is 6.61.